The Morgan fingerprint density at radius 3 is 2.29 bits per heavy atom. The van der Waals surface area contributed by atoms with E-state index in [1.165, 1.54) is 44.9 Å². The third-order valence-corrected chi connectivity index (χ3v) is 3.99. The fourth-order valence-corrected chi connectivity index (χ4v) is 3.07. The number of aliphatic hydroxyl groups is 1. The Labute approximate surface area is 87.1 Å². The van der Waals surface area contributed by atoms with Gasteiger partial charge in [-0.2, -0.15) is 0 Å². The Hall–Kier alpha value is -0.0800. The van der Waals surface area contributed by atoms with Gasteiger partial charge in [0.05, 0.1) is 6.10 Å². The molecule has 2 nitrogen and oxygen atoms in total. The molecule has 0 aromatic rings. The standard InChI is InChI=1S/C12H23NO/c14-12(10-4-1-2-5-10)11-6-3-8-13-9-7-11/h10-14H,1-9H2. The third-order valence-electron chi connectivity index (χ3n) is 3.99. The van der Waals surface area contributed by atoms with Gasteiger partial charge in [0.15, 0.2) is 0 Å². The lowest BCUT2D eigenvalue weighted by Gasteiger charge is -2.26. The zero-order chi connectivity index (χ0) is 9.80. The Bertz CT molecular complexity index is 158. The zero-order valence-corrected chi connectivity index (χ0v) is 9.04. The molecule has 2 unspecified atom stereocenters. The molecule has 82 valence electrons. The lowest BCUT2D eigenvalue weighted by molar-refractivity contribution is 0.0470. The fraction of sp³-hybridized carbons (Fsp3) is 1.00. The molecule has 2 heteroatoms. The molecule has 1 aliphatic heterocycles. The minimum absolute atomic E-state index is 0.00241. The van der Waals surface area contributed by atoms with Gasteiger partial charge in [-0.1, -0.05) is 12.8 Å². The van der Waals surface area contributed by atoms with Crippen molar-refractivity contribution in [3.63, 3.8) is 0 Å². The molecule has 2 fully saturated rings. The summed E-state index contributed by atoms with van der Waals surface area (Å²) in [5.41, 5.74) is 0. The van der Waals surface area contributed by atoms with Crippen LogP contribution in [0.25, 0.3) is 0 Å². The van der Waals surface area contributed by atoms with Gasteiger partial charge in [0.2, 0.25) is 0 Å². The van der Waals surface area contributed by atoms with E-state index in [0.717, 1.165) is 13.1 Å². The van der Waals surface area contributed by atoms with E-state index in [1.807, 2.05) is 0 Å². The summed E-state index contributed by atoms with van der Waals surface area (Å²) < 4.78 is 0. The Morgan fingerprint density at radius 1 is 0.857 bits per heavy atom. The molecule has 0 aromatic heterocycles. The molecule has 1 heterocycles. The van der Waals surface area contributed by atoms with Gasteiger partial charge in [0, 0.05) is 0 Å². The first kappa shape index (κ1) is 10.4. The highest BCUT2D eigenvalue weighted by molar-refractivity contribution is 4.82. The molecule has 2 aliphatic rings. The van der Waals surface area contributed by atoms with Gasteiger partial charge in [-0.15, -0.1) is 0 Å². The van der Waals surface area contributed by atoms with Crippen molar-refractivity contribution in [2.45, 2.75) is 51.0 Å². The van der Waals surface area contributed by atoms with Gasteiger partial charge in [-0.3, -0.25) is 0 Å². The molecule has 1 aliphatic carbocycles. The Kier molecular flexibility index (Phi) is 3.82. The third kappa shape index (κ3) is 2.48. The molecule has 2 atom stereocenters. The first-order valence-corrected chi connectivity index (χ1v) is 6.26. The highest BCUT2D eigenvalue weighted by Crippen LogP contribution is 2.33. The lowest BCUT2D eigenvalue weighted by atomic mass is 9.85. The van der Waals surface area contributed by atoms with Crippen molar-refractivity contribution in [3.05, 3.63) is 0 Å². The van der Waals surface area contributed by atoms with E-state index in [4.69, 9.17) is 0 Å². The van der Waals surface area contributed by atoms with E-state index >= 15 is 0 Å². The quantitative estimate of drug-likeness (QED) is 0.709. The van der Waals surface area contributed by atoms with E-state index in [0.29, 0.717) is 11.8 Å². The second-order valence-corrected chi connectivity index (χ2v) is 4.98. The molecule has 0 amide bonds. The van der Waals surface area contributed by atoms with Crippen LogP contribution >= 0.6 is 0 Å². The maximum atomic E-state index is 10.3. The highest BCUT2D eigenvalue weighted by atomic mass is 16.3. The highest BCUT2D eigenvalue weighted by Gasteiger charge is 2.29. The molecule has 14 heavy (non-hydrogen) atoms. The van der Waals surface area contributed by atoms with Gasteiger partial charge < -0.3 is 10.4 Å². The average Bonchev–Trinajstić information content (AvgIpc) is 2.59. The number of hydrogen-bond donors (Lipinski definition) is 2. The van der Waals surface area contributed by atoms with Crippen LogP contribution in [0.2, 0.25) is 0 Å². The van der Waals surface area contributed by atoms with Crippen LogP contribution in [0.4, 0.5) is 0 Å². The monoisotopic (exact) mass is 197 g/mol. The van der Waals surface area contributed by atoms with E-state index in [1.54, 1.807) is 0 Å². The second kappa shape index (κ2) is 5.13. The minimum Gasteiger partial charge on any atom is -0.393 e. The molecule has 0 bridgehead atoms. The average molecular weight is 197 g/mol. The lowest BCUT2D eigenvalue weighted by Crippen LogP contribution is -2.28. The summed E-state index contributed by atoms with van der Waals surface area (Å²) in [6, 6.07) is 0. The maximum Gasteiger partial charge on any atom is 0.0597 e. The predicted molar refractivity (Wildman–Crippen MR) is 58.2 cm³/mol. The number of nitrogens with one attached hydrogen (secondary N) is 1. The number of rotatable bonds is 2. The van der Waals surface area contributed by atoms with Crippen LogP contribution in [-0.4, -0.2) is 24.3 Å². The number of aliphatic hydroxyl groups excluding tert-OH is 1. The van der Waals surface area contributed by atoms with Crippen LogP contribution < -0.4 is 5.32 Å². The summed E-state index contributed by atoms with van der Waals surface area (Å²) in [6.45, 7) is 2.25. The summed E-state index contributed by atoms with van der Waals surface area (Å²) in [5.74, 6) is 1.20. The van der Waals surface area contributed by atoms with Crippen LogP contribution in [0.15, 0.2) is 0 Å². The smallest absolute Gasteiger partial charge is 0.0597 e. The van der Waals surface area contributed by atoms with Crippen LogP contribution in [-0.2, 0) is 0 Å². The largest absolute Gasteiger partial charge is 0.393 e. The summed E-state index contributed by atoms with van der Waals surface area (Å²) >= 11 is 0. The van der Waals surface area contributed by atoms with Crippen LogP contribution in [0.5, 0.6) is 0 Å². The van der Waals surface area contributed by atoms with Crippen molar-refractivity contribution in [1.82, 2.24) is 5.32 Å². The number of hydrogen-bond acceptors (Lipinski definition) is 2. The van der Waals surface area contributed by atoms with Crippen LogP contribution in [0.1, 0.15) is 44.9 Å². The summed E-state index contributed by atoms with van der Waals surface area (Å²) in [5, 5.41) is 13.7. The molecule has 2 N–H and O–H groups in total. The Balaban J connectivity index is 1.84. The maximum absolute atomic E-state index is 10.3. The molecule has 1 saturated heterocycles. The predicted octanol–water partition coefficient (Wildman–Crippen LogP) is 1.93. The molecule has 1 saturated carbocycles. The van der Waals surface area contributed by atoms with Gasteiger partial charge in [0.25, 0.3) is 0 Å². The van der Waals surface area contributed by atoms with Gasteiger partial charge >= 0.3 is 0 Å². The van der Waals surface area contributed by atoms with Crippen molar-refractivity contribution < 1.29 is 5.11 Å². The van der Waals surface area contributed by atoms with Crippen molar-refractivity contribution in [1.29, 1.82) is 0 Å². The Morgan fingerprint density at radius 2 is 1.50 bits per heavy atom. The van der Waals surface area contributed by atoms with Crippen molar-refractivity contribution in [3.8, 4) is 0 Å². The zero-order valence-electron chi connectivity index (χ0n) is 9.04. The van der Waals surface area contributed by atoms with Crippen molar-refractivity contribution in [2.75, 3.05) is 13.1 Å². The second-order valence-electron chi connectivity index (χ2n) is 4.98. The summed E-state index contributed by atoms with van der Waals surface area (Å²) in [4.78, 5) is 0. The van der Waals surface area contributed by atoms with Gasteiger partial charge in [-0.05, 0) is 57.0 Å². The van der Waals surface area contributed by atoms with Gasteiger partial charge in [0.1, 0.15) is 0 Å². The fourth-order valence-electron chi connectivity index (χ4n) is 3.07. The molecular weight excluding hydrogens is 174 g/mol. The molecule has 0 spiro atoms. The van der Waals surface area contributed by atoms with Gasteiger partial charge in [-0.25, -0.2) is 0 Å². The van der Waals surface area contributed by atoms with E-state index < -0.39 is 0 Å². The first-order chi connectivity index (χ1) is 6.88. The minimum atomic E-state index is -0.00241. The van der Waals surface area contributed by atoms with E-state index in [9.17, 15) is 5.11 Å². The molecular formula is C12H23NO. The SMILES string of the molecule is OC(C1CCCC1)C1CCCNCC1. The summed E-state index contributed by atoms with van der Waals surface area (Å²) in [7, 11) is 0. The molecule has 2 rings (SSSR count). The normalized spacial score (nSPS) is 32.8. The van der Waals surface area contributed by atoms with E-state index in [2.05, 4.69) is 5.32 Å². The summed E-state index contributed by atoms with van der Waals surface area (Å²) in [6.07, 6.45) is 8.87. The van der Waals surface area contributed by atoms with Crippen LogP contribution in [0.3, 0.4) is 0 Å². The van der Waals surface area contributed by atoms with Crippen LogP contribution in [0, 0.1) is 11.8 Å². The first-order valence-electron chi connectivity index (χ1n) is 6.26. The topological polar surface area (TPSA) is 32.3 Å². The molecule has 0 radical (unpaired) electrons. The molecule has 0 aromatic carbocycles. The van der Waals surface area contributed by atoms with Crippen molar-refractivity contribution in [2.24, 2.45) is 11.8 Å². The van der Waals surface area contributed by atoms with E-state index in [-0.39, 0.29) is 6.10 Å². The van der Waals surface area contributed by atoms with Crippen molar-refractivity contribution >= 4 is 0 Å².